The fourth-order valence-corrected chi connectivity index (χ4v) is 2.16. The molecule has 0 aliphatic carbocycles. The molecule has 0 aliphatic heterocycles. The Morgan fingerprint density at radius 1 is 1.26 bits per heavy atom. The predicted octanol–water partition coefficient (Wildman–Crippen LogP) is 3.37. The maximum atomic E-state index is 10.9. The molecule has 0 saturated heterocycles. The number of nitrogens with zero attached hydrogens (tertiary/aromatic N) is 1. The number of carbonyl (C=O) groups is 1. The van der Waals surface area contributed by atoms with E-state index in [9.17, 15) is 4.79 Å². The van der Waals surface area contributed by atoms with Gasteiger partial charge >= 0.3 is 5.97 Å². The van der Waals surface area contributed by atoms with Gasteiger partial charge < -0.3 is 9.52 Å². The standard InChI is InChI=1S/C14H14BrNO3/c1-16(8-10-2-4-12(15)5-3-10)9-11-6-7-19-13(11)14(17)18/h2-7H,8-9H2,1H3,(H,17,18). The van der Waals surface area contributed by atoms with Crippen LogP contribution in [0.15, 0.2) is 45.5 Å². The number of aromatic carboxylic acids is 1. The van der Waals surface area contributed by atoms with Crippen LogP contribution in [-0.2, 0) is 13.1 Å². The lowest BCUT2D eigenvalue weighted by molar-refractivity contribution is 0.0659. The fourth-order valence-electron chi connectivity index (χ4n) is 1.90. The quantitative estimate of drug-likeness (QED) is 0.916. The number of hydrogen-bond donors (Lipinski definition) is 1. The van der Waals surface area contributed by atoms with Crippen molar-refractivity contribution in [3.05, 3.63) is 58.0 Å². The van der Waals surface area contributed by atoms with Crippen LogP contribution in [0.2, 0.25) is 0 Å². The minimum atomic E-state index is -1.03. The van der Waals surface area contributed by atoms with Gasteiger partial charge in [-0.3, -0.25) is 4.90 Å². The molecule has 19 heavy (non-hydrogen) atoms. The van der Waals surface area contributed by atoms with Crippen molar-refractivity contribution in [1.82, 2.24) is 4.90 Å². The summed E-state index contributed by atoms with van der Waals surface area (Å²) in [6.45, 7) is 1.28. The molecule has 0 aliphatic rings. The number of carboxylic acids is 1. The highest BCUT2D eigenvalue weighted by Crippen LogP contribution is 2.15. The lowest BCUT2D eigenvalue weighted by Crippen LogP contribution is -2.18. The van der Waals surface area contributed by atoms with E-state index in [0.29, 0.717) is 12.1 Å². The van der Waals surface area contributed by atoms with Crippen molar-refractivity contribution >= 4 is 21.9 Å². The lowest BCUT2D eigenvalue weighted by Gasteiger charge is -2.16. The van der Waals surface area contributed by atoms with E-state index in [1.165, 1.54) is 11.8 Å². The molecule has 0 atom stereocenters. The highest BCUT2D eigenvalue weighted by atomic mass is 79.9. The first-order valence-corrected chi connectivity index (χ1v) is 6.58. The van der Waals surface area contributed by atoms with Crippen molar-refractivity contribution in [1.29, 1.82) is 0 Å². The van der Waals surface area contributed by atoms with Crippen molar-refractivity contribution in [2.24, 2.45) is 0 Å². The summed E-state index contributed by atoms with van der Waals surface area (Å²) in [7, 11) is 1.95. The average Bonchev–Trinajstić information content (AvgIpc) is 2.80. The molecule has 0 bridgehead atoms. The van der Waals surface area contributed by atoms with Gasteiger partial charge in [-0.1, -0.05) is 28.1 Å². The zero-order valence-electron chi connectivity index (χ0n) is 10.5. The van der Waals surface area contributed by atoms with Gasteiger partial charge in [0.1, 0.15) is 0 Å². The minimum Gasteiger partial charge on any atom is -0.475 e. The molecule has 4 nitrogen and oxygen atoms in total. The summed E-state index contributed by atoms with van der Waals surface area (Å²) >= 11 is 3.39. The molecule has 100 valence electrons. The summed E-state index contributed by atoms with van der Waals surface area (Å²) in [6.07, 6.45) is 1.41. The van der Waals surface area contributed by atoms with Crippen molar-refractivity contribution < 1.29 is 14.3 Å². The van der Waals surface area contributed by atoms with Crippen molar-refractivity contribution in [3.63, 3.8) is 0 Å². The van der Waals surface area contributed by atoms with E-state index in [1.54, 1.807) is 6.07 Å². The van der Waals surface area contributed by atoms with E-state index in [-0.39, 0.29) is 5.76 Å². The number of halogens is 1. The molecule has 0 saturated carbocycles. The smallest absolute Gasteiger partial charge is 0.372 e. The molecule has 1 N–H and O–H groups in total. The molecule has 0 amide bonds. The Hall–Kier alpha value is -1.59. The Bertz CT molecular complexity index is 562. The number of benzene rings is 1. The van der Waals surface area contributed by atoms with Crippen molar-refractivity contribution in [2.75, 3.05) is 7.05 Å². The van der Waals surface area contributed by atoms with Crippen LogP contribution in [0.1, 0.15) is 21.7 Å². The minimum absolute atomic E-state index is 0.0163. The van der Waals surface area contributed by atoms with E-state index in [0.717, 1.165) is 11.0 Å². The molecule has 0 fully saturated rings. The van der Waals surface area contributed by atoms with Gasteiger partial charge in [-0.15, -0.1) is 0 Å². The van der Waals surface area contributed by atoms with Crippen LogP contribution in [0, 0.1) is 0 Å². The van der Waals surface area contributed by atoms with E-state index in [2.05, 4.69) is 15.9 Å². The molecule has 0 radical (unpaired) electrons. The fraction of sp³-hybridized carbons (Fsp3) is 0.214. The van der Waals surface area contributed by atoms with Crippen LogP contribution in [0.25, 0.3) is 0 Å². The van der Waals surface area contributed by atoms with Crippen LogP contribution in [0.4, 0.5) is 0 Å². The summed E-state index contributed by atoms with van der Waals surface area (Å²) in [4.78, 5) is 13.0. The largest absolute Gasteiger partial charge is 0.475 e. The van der Waals surface area contributed by atoms with Crippen molar-refractivity contribution in [2.45, 2.75) is 13.1 Å². The zero-order valence-corrected chi connectivity index (χ0v) is 12.1. The van der Waals surface area contributed by atoms with Gasteiger partial charge in [-0.05, 0) is 30.8 Å². The number of rotatable bonds is 5. The molecule has 2 aromatic rings. The van der Waals surface area contributed by atoms with E-state index < -0.39 is 5.97 Å². The normalized spacial score (nSPS) is 10.9. The number of hydrogen-bond acceptors (Lipinski definition) is 3. The van der Waals surface area contributed by atoms with Gasteiger partial charge in [-0.2, -0.15) is 0 Å². The first-order valence-electron chi connectivity index (χ1n) is 5.79. The molecule has 0 spiro atoms. The highest BCUT2D eigenvalue weighted by molar-refractivity contribution is 9.10. The van der Waals surface area contributed by atoms with Gasteiger partial charge in [0.15, 0.2) is 0 Å². The van der Waals surface area contributed by atoms with Gasteiger partial charge in [0.25, 0.3) is 0 Å². The summed E-state index contributed by atoms with van der Waals surface area (Å²) in [6, 6.07) is 9.75. The monoisotopic (exact) mass is 323 g/mol. The maximum absolute atomic E-state index is 10.9. The van der Waals surface area contributed by atoms with E-state index in [1.807, 2.05) is 36.2 Å². The zero-order chi connectivity index (χ0) is 13.8. The van der Waals surface area contributed by atoms with Crippen LogP contribution >= 0.6 is 15.9 Å². The molecular formula is C14H14BrNO3. The maximum Gasteiger partial charge on any atom is 0.372 e. The van der Waals surface area contributed by atoms with Crippen LogP contribution in [-0.4, -0.2) is 23.0 Å². The first-order chi connectivity index (χ1) is 9.06. The van der Waals surface area contributed by atoms with Crippen LogP contribution in [0.3, 0.4) is 0 Å². The number of carboxylic acid groups (broad SMARTS) is 1. The third-order valence-corrected chi connectivity index (χ3v) is 3.28. The third-order valence-electron chi connectivity index (χ3n) is 2.75. The molecule has 1 aromatic heterocycles. The molecule has 5 heteroatoms. The predicted molar refractivity (Wildman–Crippen MR) is 75.0 cm³/mol. The summed E-state index contributed by atoms with van der Waals surface area (Å²) in [5, 5.41) is 8.97. The second-order valence-corrected chi connectivity index (χ2v) is 5.29. The Balaban J connectivity index is 2.01. The Morgan fingerprint density at radius 2 is 1.95 bits per heavy atom. The van der Waals surface area contributed by atoms with Gasteiger partial charge in [0, 0.05) is 23.1 Å². The van der Waals surface area contributed by atoms with E-state index in [4.69, 9.17) is 9.52 Å². The summed E-state index contributed by atoms with van der Waals surface area (Å²) < 4.78 is 6.00. The Labute approximate surface area is 119 Å². The molecule has 1 heterocycles. The highest BCUT2D eigenvalue weighted by Gasteiger charge is 2.15. The molecule has 0 unspecified atom stereocenters. The Morgan fingerprint density at radius 3 is 2.58 bits per heavy atom. The SMILES string of the molecule is CN(Cc1ccc(Br)cc1)Cc1ccoc1C(=O)O. The van der Waals surface area contributed by atoms with Gasteiger partial charge in [0.05, 0.1) is 6.26 Å². The summed E-state index contributed by atoms with van der Waals surface area (Å²) in [5.74, 6) is -1.01. The lowest BCUT2D eigenvalue weighted by atomic mass is 10.2. The van der Waals surface area contributed by atoms with Crippen molar-refractivity contribution in [3.8, 4) is 0 Å². The average molecular weight is 324 g/mol. The van der Waals surface area contributed by atoms with Crippen LogP contribution < -0.4 is 0 Å². The second-order valence-electron chi connectivity index (χ2n) is 4.38. The molecule has 1 aromatic carbocycles. The van der Waals surface area contributed by atoms with Gasteiger partial charge in [0.2, 0.25) is 5.76 Å². The van der Waals surface area contributed by atoms with Gasteiger partial charge in [-0.25, -0.2) is 4.79 Å². The Kier molecular flexibility index (Phi) is 4.39. The third kappa shape index (κ3) is 3.68. The number of furan rings is 1. The first kappa shape index (κ1) is 13.8. The van der Waals surface area contributed by atoms with Crippen LogP contribution in [0.5, 0.6) is 0 Å². The molecule has 2 rings (SSSR count). The summed E-state index contributed by atoms with van der Waals surface area (Å²) in [5.41, 5.74) is 1.86. The second kappa shape index (κ2) is 6.04. The molecular weight excluding hydrogens is 310 g/mol. The topological polar surface area (TPSA) is 53.7 Å². The van der Waals surface area contributed by atoms with E-state index >= 15 is 0 Å².